The van der Waals surface area contributed by atoms with E-state index in [1.807, 2.05) is 36.4 Å². The first-order valence-corrected chi connectivity index (χ1v) is 6.72. The van der Waals surface area contributed by atoms with Gasteiger partial charge in [0.25, 0.3) is 5.91 Å². The lowest BCUT2D eigenvalue weighted by molar-refractivity contribution is 0.102. The van der Waals surface area contributed by atoms with Gasteiger partial charge in [0.05, 0.1) is 0 Å². The Morgan fingerprint density at radius 1 is 1.05 bits per heavy atom. The molecule has 2 aromatic rings. The highest BCUT2D eigenvalue weighted by Gasteiger charge is 2.10. The van der Waals surface area contributed by atoms with Crippen molar-refractivity contribution in [2.45, 2.75) is 24.7 Å². The number of nitrogens with one attached hydrogen (secondary N) is 1. The summed E-state index contributed by atoms with van der Waals surface area (Å²) in [7, 11) is 0. The van der Waals surface area contributed by atoms with Crippen LogP contribution in [0.25, 0.3) is 0 Å². The van der Waals surface area contributed by atoms with E-state index in [9.17, 15) is 4.79 Å². The van der Waals surface area contributed by atoms with Crippen LogP contribution in [0.3, 0.4) is 0 Å². The molecule has 0 heterocycles. The van der Waals surface area contributed by atoms with E-state index in [4.69, 9.17) is 0 Å². The van der Waals surface area contributed by atoms with Gasteiger partial charge in [0.1, 0.15) is 0 Å². The lowest BCUT2D eigenvalue weighted by atomic mass is 10.0. The fourth-order valence-electron chi connectivity index (χ4n) is 1.92. The number of anilines is 1. The molecule has 1 N–H and O–H groups in total. The zero-order valence-corrected chi connectivity index (χ0v) is 11.9. The number of hydrogen-bond acceptors (Lipinski definition) is 2. The van der Waals surface area contributed by atoms with Crippen molar-refractivity contribution in [3.63, 3.8) is 0 Å². The quantitative estimate of drug-likeness (QED) is 0.798. The Hall–Kier alpha value is -1.74. The molecule has 19 heavy (non-hydrogen) atoms. The number of carbonyl (C=O) groups excluding carboxylic acids is 1. The van der Waals surface area contributed by atoms with E-state index < -0.39 is 0 Å². The highest BCUT2D eigenvalue weighted by Crippen LogP contribution is 2.24. The maximum Gasteiger partial charge on any atom is 0.255 e. The summed E-state index contributed by atoms with van der Waals surface area (Å²) in [5.74, 6) is 0.276. The topological polar surface area (TPSA) is 29.1 Å². The van der Waals surface area contributed by atoms with Crippen LogP contribution in [-0.4, -0.2) is 5.91 Å². The third kappa shape index (κ3) is 3.38. The molecule has 0 bridgehead atoms. The summed E-state index contributed by atoms with van der Waals surface area (Å²) in [5.41, 5.74) is 2.65. The number of para-hydroxylation sites is 1. The molecule has 0 aromatic heterocycles. The fourth-order valence-corrected chi connectivity index (χ4v) is 2.07. The molecule has 0 atom stereocenters. The standard InChI is InChI=1S/C16H17NOS/c1-11(2)14-5-3-4-6-15(14)17-16(18)12-7-9-13(19)10-8-12/h3-11,19H,1-2H3,(H,17,18). The van der Waals surface area contributed by atoms with Gasteiger partial charge in [0, 0.05) is 16.1 Å². The van der Waals surface area contributed by atoms with Gasteiger partial charge in [-0.3, -0.25) is 4.79 Å². The van der Waals surface area contributed by atoms with Gasteiger partial charge < -0.3 is 5.32 Å². The predicted octanol–water partition coefficient (Wildman–Crippen LogP) is 4.35. The van der Waals surface area contributed by atoms with Crippen LogP contribution < -0.4 is 5.32 Å². The first-order chi connectivity index (χ1) is 9.08. The highest BCUT2D eigenvalue weighted by atomic mass is 32.1. The lowest BCUT2D eigenvalue weighted by Crippen LogP contribution is -2.13. The predicted molar refractivity (Wildman–Crippen MR) is 82.2 cm³/mol. The van der Waals surface area contributed by atoms with Gasteiger partial charge in [-0.2, -0.15) is 0 Å². The zero-order chi connectivity index (χ0) is 13.8. The van der Waals surface area contributed by atoms with Crippen LogP contribution in [0.15, 0.2) is 53.4 Å². The molecule has 0 spiro atoms. The van der Waals surface area contributed by atoms with Gasteiger partial charge in [0.15, 0.2) is 0 Å². The second-order valence-electron chi connectivity index (χ2n) is 4.74. The molecule has 0 aliphatic carbocycles. The third-order valence-corrected chi connectivity index (χ3v) is 3.26. The van der Waals surface area contributed by atoms with Crippen LogP contribution in [0, 0.1) is 0 Å². The summed E-state index contributed by atoms with van der Waals surface area (Å²) in [4.78, 5) is 13.0. The smallest absolute Gasteiger partial charge is 0.255 e. The van der Waals surface area contributed by atoms with Gasteiger partial charge in [-0.15, -0.1) is 12.6 Å². The maximum absolute atomic E-state index is 12.2. The minimum Gasteiger partial charge on any atom is -0.322 e. The monoisotopic (exact) mass is 271 g/mol. The molecule has 0 unspecified atom stereocenters. The molecule has 98 valence electrons. The number of thiol groups is 1. The van der Waals surface area contributed by atoms with Gasteiger partial charge in [-0.25, -0.2) is 0 Å². The lowest BCUT2D eigenvalue weighted by Gasteiger charge is -2.13. The Morgan fingerprint density at radius 3 is 2.32 bits per heavy atom. The van der Waals surface area contributed by atoms with Crippen LogP contribution in [0.5, 0.6) is 0 Å². The SMILES string of the molecule is CC(C)c1ccccc1NC(=O)c1ccc(S)cc1. The summed E-state index contributed by atoms with van der Waals surface area (Å²) in [6, 6.07) is 15.1. The Balaban J connectivity index is 2.22. The summed E-state index contributed by atoms with van der Waals surface area (Å²) >= 11 is 4.21. The third-order valence-electron chi connectivity index (χ3n) is 2.96. The zero-order valence-electron chi connectivity index (χ0n) is 11.1. The van der Waals surface area contributed by atoms with Crippen molar-refractivity contribution in [2.24, 2.45) is 0 Å². The number of rotatable bonds is 3. The van der Waals surface area contributed by atoms with Gasteiger partial charge >= 0.3 is 0 Å². The molecule has 2 nitrogen and oxygen atoms in total. The van der Waals surface area contributed by atoms with Gasteiger partial charge in [0.2, 0.25) is 0 Å². The Labute approximate surface area is 119 Å². The summed E-state index contributed by atoms with van der Waals surface area (Å²) in [6.45, 7) is 4.22. The van der Waals surface area contributed by atoms with E-state index in [2.05, 4.69) is 31.8 Å². The normalized spacial score (nSPS) is 10.5. The average Bonchev–Trinajstić information content (AvgIpc) is 2.39. The van der Waals surface area contributed by atoms with Crippen molar-refractivity contribution < 1.29 is 4.79 Å². The van der Waals surface area contributed by atoms with Crippen LogP contribution in [0.4, 0.5) is 5.69 Å². The van der Waals surface area contributed by atoms with E-state index in [0.717, 1.165) is 16.1 Å². The Morgan fingerprint density at radius 2 is 1.68 bits per heavy atom. The Bertz CT molecular complexity index is 576. The molecule has 0 aliphatic heterocycles. The molecule has 2 rings (SSSR count). The fraction of sp³-hybridized carbons (Fsp3) is 0.188. The van der Waals surface area contributed by atoms with Crippen molar-refractivity contribution in [1.82, 2.24) is 0 Å². The van der Waals surface area contributed by atoms with E-state index in [-0.39, 0.29) is 5.91 Å². The number of carbonyl (C=O) groups is 1. The maximum atomic E-state index is 12.2. The largest absolute Gasteiger partial charge is 0.322 e. The first kappa shape index (κ1) is 13.7. The molecule has 3 heteroatoms. The minimum atomic E-state index is -0.0959. The molecule has 2 aromatic carbocycles. The summed E-state index contributed by atoms with van der Waals surface area (Å²) < 4.78 is 0. The number of hydrogen-bond donors (Lipinski definition) is 2. The first-order valence-electron chi connectivity index (χ1n) is 6.27. The minimum absolute atomic E-state index is 0.0959. The molecule has 0 aliphatic rings. The van der Waals surface area contributed by atoms with Crippen LogP contribution in [0.1, 0.15) is 35.7 Å². The van der Waals surface area contributed by atoms with E-state index in [1.165, 1.54) is 0 Å². The molecular formula is C16H17NOS. The summed E-state index contributed by atoms with van der Waals surface area (Å²) in [6.07, 6.45) is 0. The van der Waals surface area contributed by atoms with Crippen molar-refractivity contribution >= 4 is 24.2 Å². The number of benzene rings is 2. The van der Waals surface area contributed by atoms with Crippen LogP contribution in [-0.2, 0) is 0 Å². The van der Waals surface area contributed by atoms with Crippen molar-refractivity contribution in [1.29, 1.82) is 0 Å². The average molecular weight is 271 g/mol. The molecule has 1 amide bonds. The van der Waals surface area contributed by atoms with Gasteiger partial charge in [-0.1, -0.05) is 32.0 Å². The highest BCUT2D eigenvalue weighted by molar-refractivity contribution is 7.80. The van der Waals surface area contributed by atoms with Gasteiger partial charge in [-0.05, 0) is 41.8 Å². The molecular weight excluding hydrogens is 254 g/mol. The Kier molecular flexibility index (Phi) is 4.27. The second kappa shape index (κ2) is 5.93. The van der Waals surface area contributed by atoms with Crippen molar-refractivity contribution in [2.75, 3.05) is 5.32 Å². The number of amides is 1. The molecule has 0 saturated heterocycles. The second-order valence-corrected chi connectivity index (χ2v) is 5.26. The van der Waals surface area contributed by atoms with E-state index >= 15 is 0 Å². The van der Waals surface area contributed by atoms with Crippen molar-refractivity contribution in [3.05, 3.63) is 59.7 Å². The van der Waals surface area contributed by atoms with E-state index in [1.54, 1.807) is 12.1 Å². The molecule has 0 radical (unpaired) electrons. The molecule has 0 fully saturated rings. The summed E-state index contributed by atoms with van der Waals surface area (Å²) in [5, 5.41) is 2.96. The van der Waals surface area contributed by atoms with Crippen LogP contribution in [0.2, 0.25) is 0 Å². The van der Waals surface area contributed by atoms with Crippen molar-refractivity contribution in [3.8, 4) is 0 Å². The van der Waals surface area contributed by atoms with E-state index in [0.29, 0.717) is 11.5 Å². The van der Waals surface area contributed by atoms with Crippen LogP contribution >= 0.6 is 12.6 Å². The molecule has 0 saturated carbocycles.